The summed E-state index contributed by atoms with van der Waals surface area (Å²) in [6, 6.07) is 0. The minimum Gasteiger partial charge on any atom is -0.389 e. The van der Waals surface area contributed by atoms with Gasteiger partial charge < -0.3 is 5.11 Å². The van der Waals surface area contributed by atoms with Crippen molar-refractivity contribution in [1.29, 1.82) is 0 Å². The van der Waals surface area contributed by atoms with E-state index in [0.29, 0.717) is 5.88 Å². The number of aliphatic hydroxyl groups is 1. The van der Waals surface area contributed by atoms with E-state index >= 15 is 0 Å². The van der Waals surface area contributed by atoms with Gasteiger partial charge in [-0.3, -0.25) is 0 Å². The van der Waals surface area contributed by atoms with Crippen molar-refractivity contribution in [3.63, 3.8) is 0 Å². The molecular weight excluding hydrogens is 200 g/mol. The zero-order chi connectivity index (χ0) is 10.3. The van der Waals surface area contributed by atoms with Crippen LogP contribution in [-0.2, 0) is 0 Å². The number of hydrogen-bond acceptors (Lipinski definition) is 1. The molecule has 0 aromatic carbocycles. The first-order valence-corrected chi connectivity index (χ1v) is 9.00. The first kappa shape index (κ1) is 13.2. The van der Waals surface area contributed by atoms with Crippen LogP contribution in [0, 0.1) is 0 Å². The van der Waals surface area contributed by atoms with Gasteiger partial charge in [-0.25, -0.2) is 0 Å². The molecule has 0 spiro atoms. The summed E-state index contributed by atoms with van der Waals surface area (Å²) in [7, 11) is -1.13. The third-order valence-electron chi connectivity index (χ3n) is 1.70. The van der Waals surface area contributed by atoms with Gasteiger partial charge in [0.05, 0.1) is 14.2 Å². The van der Waals surface area contributed by atoms with Crippen LogP contribution in [0.5, 0.6) is 0 Å². The largest absolute Gasteiger partial charge is 0.389 e. The van der Waals surface area contributed by atoms with Gasteiger partial charge in [0.2, 0.25) is 0 Å². The zero-order valence-electron chi connectivity index (χ0n) is 8.89. The predicted octanol–water partition coefficient (Wildman–Crippen LogP) is 3.19. The standard InChI is InChI=1S/C10H21ClOSi/c1-13(2,3)9-7-10(12)6-4-5-8-11/h7,9-10,12H,4-6,8H2,1-3H3/b9-7+/t10-/m0/s1. The maximum atomic E-state index is 9.53. The van der Waals surface area contributed by atoms with Gasteiger partial charge in [0.25, 0.3) is 0 Å². The molecule has 0 aliphatic rings. The highest BCUT2D eigenvalue weighted by Gasteiger charge is 2.08. The molecule has 0 fully saturated rings. The molecule has 0 amide bonds. The molecule has 1 atom stereocenters. The Bertz CT molecular complexity index is 151. The van der Waals surface area contributed by atoms with Crippen molar-refractivity contribution in [2.24, 2.45) is 0 Å². The van der Waals surface area contributed by atoms with E-state index in [1.54, 1.807) is 0 Å². The number of alkyl halides is 1. The Kier molecular flexibility index (Phi) is 6.74. The van der Waals surface area contributed by atoms with Crippen molar-refractivity contribution in [1.82, 2.24) is 0 Å². The van der Waals surface area contributed by atoms with Crippen molar-refractivity contribution in [2.75, 3.05) is 5.88 Å². The molecule has 0 bridgehead atoms. The van der Waals surface area contributed by atoms with Gasteiger partial charge in [-0.1, -0.05) is 31.4 Å². The second kappa shape index (κ2) is 6.63. The van der Waals surface area contributed by atoms with Crippen LogP contribution >= 0.6 is 11.6 Å². The average molecular weight is 221 g/mol. The Hall–Kier alpha value is 0.207. The van der Waals surface area contributed by atoms with Crippen LogP contribution in [0.15, 0.2) is 11.8 Å². The smallest absolute Gasteiger partial charge is 0.0717 e. The molecule has 0 saturated heterocycles. The van der Waals surface area contributed by atoms with Crippen molar-refractivity contribution in [3.05, 3.63) is 11.8 Å². The lowest BCUT2D eigenvalue weighted by Gasteiger charge is -2.10. The van der Waals surface area contributed by atoms with E-state index in [2.05, 4.69) is 25.3 Å². The molecule has 78 valence electrons. The number of rotatable bonds is 6. The topological polar surface area (TPSA) is 20.2 Å². The van der Waals surface area contributed by atoms with Crippen LogP contribution in [0.2, 0.25) is 19.6 Å². The molecule has 0 heterocycles. The van der Waals surface area contributed by atoms with E-state index < -0.39 is 8.07 Å². The fraction of sp³-hybridized carbons (Fsp3) is 0.800. The first-order chi connectivity index (χ1) is 5.95. The minimum absolute atomic E-state index is 0.269. The van der Waals surface area contributed by atoms with Crippen LogP contribution < -0.4 is 0 Å². The number of halogens is 1. The van der Waals surface area contributed by atoms with Crippen molar-refractivity contribution in [2.45, 2.75) is 45.0 Å². The highest BCUT2D eigenvalue weighted by atomic mass is 35.5. The molecule has 0 rings (SSSR count). The van der Waals surface area contributed by atoms with Crippen LogP contribution in [0.3, 0.4) is 0 Å². The molecule has 1 nitrogen and oxygen atoms in total. The monoisotopic (exact) mass is 220 g/mol. The first-order valence-electron chi connectivity index (χ1n) is 4.89. The van der Waals surface area contributed by atoms with E-state index in [-0.39, 0.29) is 6.10 Å². The Morgan fingerprint density at radius 1 is 1.31 bits per heavy atom. The Balaban J connectivity index is 3.61. The predicted molar refractivity (Wildman–Crippen MR) is 63.1 cm³/mol. The van der Waals surface area contributed by atoms with Crippen LogP contribution in [-0.4, -0.2) is 25.2 Å². The highest BCUT2D eigenvalue weighted by Crippen LogP contribution is 2.07. The molecule has 0 aromatic heterocycles. The van der Waals surface area contributed by atoms with E-state index in [0.717, 1.165) is 19.3 Å². The van der Waals surface area contributed by atoms with E-state index in [1.165, 1.54) is 0 Å². The summed E-state index contributed by atoms with van der Waals surface area (Å²) in [5.41, 5.74) is 2.19. The summed E-state index contributed by atoms with van der Waals surface area (Å²) in [5.74, 6) is 0.699. The van der Waals surface area contributed by atoms with Crippen LogP contribution in [0.4, 0.5) is 0 Å². The van der Waals surface area contributed by atoms with E-state index in [4.69, 9.17) is 11.6 Å². The maximum Gasteiger partial charge on any atom is 0.0717 e. The zero-order valence-corrected chi connectivity index (χ0v) is 10.6. The Morgan fingerprint density at radius 2 is 1.92 bits per heavy atom. The molecule has 13 heavy (non-hydrogen) atoms. The second-order valence-corrected chi connectivity index (χ2v) is 9.92. The molecule has 0 unspecified atom stereocenters. The normalized spacial score (nSPS) is 15.2. The molecule has 3 heteroatoms. The quantitative estimate of drug-likeness (QED) is 0.414. The van der Waals surface area contributed by atoms with Gasteiger partial charge in [-0.05, 0) is 19.3 Å². The fourth-order valence-electron chi connectivity index (χ4n) is 0.944. The lowest BCUT2D eigenvalue weighted by atomic mass is 10.2. The lowest BCUT2D eigenvalue weighted by Crippen LogP contribution is -2.17. The maximum absolute atomic E-state index is 9.53. The third-order valence-corrected chi connectivity index (χ3v) is 3.16. The van der Waals surface area contributed by atoms with Crippen molar-refractivity contribution >= 4 is 19.7 Å². The lowest BCUT2D eigenvalue weighted by molar-refractivity contribution is 0.209. The van der Waals surface area contributed by atoms with Gasteiger partial charge in [-0.2, -0.15) is 0 Å². The van der Waals surface area contributed by atoms with Crippen molar-refractivity contribution in [3.8, 4) is 0 Å². The molecule has 0 radical (unpaired) electrons. The summed E-state index contributed by atoms with van der Waals surface area (Å²) < 4.78 is 0. The molecule has 0 saturated carbocycles. The second-order valence-electron chi connectivity index (χ2n) is 4.48. The van der Waals surface area contributed by atoms with Gasteiger partial charge >= 0.3 is 0 Å². The van der Waals surface area contributed by atoms with E-state index in [1.807, 2.05) is 6.08 Å². The van der Waals surface area contributed by atoms with Gasteiger partial charge in [0.1, 0.15) is 0 Å². The van der Waals surface area contributed by atoms with Crippen LogP contribution in [0.25, 0.3) is 0 Å². The number of aliphatic hydroxyl groups excluding tert-OH is 1. The van der Waals surface area contributed by atoms with Crippen LogP contribution in [0.1, 0.15) is 19.3 Å². The SMILES string of the molecule is C[Si](C)(C)/C=C/[C@@H](O)CCCCCl. The molecule has 0 aliphatic heterocycles. The Labute approximate surface area is 87.8 Å². The Morgan fingerprint density at radius 3 is 2.38 bits per heavy atom. The van der Waals surface area contributed by atoms with Gasteiger partial charge in [0.15, 0.2) is 0 Å². The van der Waals surface area contributed by atoms with Crippen molar-refractivity contribution < 1.29 is 5.11 Å². The van der Waals surface area contributed by atoms with E-state index in [9.17, 15) is 5.11 Å². The summed E-state index contributed by atoms with van der Waals surface area (Å²) >= 11 is 5.54. The highest BCUT2D eigenvalue weighted by molar-refractivity contribution is 6.80. The molecular formula is C10H21ClOSi. The average Bonchev–Trinajstić information content (AvgIpc) is 2.00. The van der Waals surface area contributed by atoms with Gasteiger partial charge in [-0.15, -0.1) is 11.6 Å². The summed E-state index contributed by atoms with van der Waals surface area (Å²) in [5, 5.41) is 9.53. The summed E-state index contributed by atoms with van der Waals surface area (Å²) in [6.45, 7) is 6.78. The summed E-state index contributed by atoms with van der Waals surface area (Å²) in [4.78, 5) is 0. The fourth-order valence-corrected chi connectivity index (χ4v) is 1.93. The molecule has 0 aromatic rings. The third kappa shape index (κ3) is 10.1. The minimum atomic E-state index is -1.13. The number of unbranched alkanes of at least 4 members (excludes halogenated alkanes) is 1. The summed E-state index contributed by atoms with van der Waals surface area (Å²) in [6.07, 6.45) is 4.53. The molecule has 0 aliphatic carbocycles. The number of hydrogen-bond donors (Lipinski definition) is 1. The molecule has 1 N–H and O–H groups in total. The van der Waals surface area contributed by atoms with Gasteiger partial charge in [0, 0.05) is 5.88 Å².